The summed E-state index contributed by atoms with van der Waals surface area (Å²) in [4.78, 5) is 12.2. The Morgan fingerprint density at radius 2 is 1.72 bits per heavy atom. The molecule has 2 N–H and O–H groups in total. The SMILES string of the molecule is CC[C@@H]1[C@@H]2[C@@H](F)[C@H](O)CC[C@]2(C)C2CC[C@@]3(C)C(CCC3[C@H](C)CCC(=O)NS(C)(=O)=O)C2[C@@H]1O[Si](C)(C)C. The molecule has 226 valence electrons. The van der Waals surface area contributed by atoms with Gasteiger partial charge in [-0.15, -0.1) is 0 Å². The Labute approximate surface area is 237 Å². The molecule has 0 aromatic rings. The summed E-state index contributed by atoms with van der Waals surface area (Å²) in [5.41, 5.74) is -0.00220. The molecule has 0 heterocycles. The summed E-state index contributed by atoms with van der Waals surface area (Å²) in [7, 11) is -5.47. The minimum atomic E-state index is -3.54. The van der Waals surface area contributed by atoms with Gasteiger partial charge in [-0.3, -0.25) is 9.52 Å². The molecule has 4 rings (SSSR count). The van der Waals surface area contributed by atoms with E-state index >= 15 is 4.39 Å². The van der Waals surface area contributed by atoms with Crippen molar-refractivity contribution in [3.8, 4) is 0 Å². The van der Waals surface area contributed by atoms with E-state index in [1.165, 1.54) is 0 Å². The summed E-state index contributed by atoms with van der Waals surface area (Å²) in [5.74, 6) is 1.57. The van der Waals surface area contributed by atoms with Crippen LogP contribution in [0.2, 0.25) is 19.6 Å². The Kier molecular flexibility index (Phi) is 8.83. The van der Waals surface area contributed by atoms with Crippen molar-refractivity contribution in [2.24, 2.45) is 52.3 Å². The molecule has 9 heteroatoms. The second-order valence-corrected chi connectivity index (χ2v) is 21.4. The predicted octanol–water partition coefficient (Wildman–Crippen LogP) is 5.91. The Balaban J connectivity index is 1.64. The molecule has 6 nitrogen and oxygen atoms in total. The largest absolute Gasteiger partial charge is 0.414 e. The first-order valence-corrected chi connectivity index (χ1v) is 20.7. The number of amides is 1. The maximum absolute atomic E-state index is 16.0. The lowest BCUT2D eigenvalue weighted by Gasteiger charge is -2.66. The molecule has 0 saturated heterocycles. The zero-order valence-corrected chi connectivity index (χ0v) is 27.3. The first-order valence-electron chi connectivity index (χ1n) is 15.4. The van der Waals surface area contributed by atoms with Gasteiger partial charge in [0.05, 0.1) is 18.5 Å². The standard InChI is InChI=1S/C30H54FNO5SSi/c1-9-19-26-27(31)23(33)15-17-30(26,4)22-14-16-29(3)20(18(2)10-13-24(34)32-38(5,35)36)11-12-21(29)25(22)28(19)37-39(6,7)8/h18-23,25-28,33H,9-17H2,1-8H3,(H,32,34)/t18-,19-,20?,21?,22?,23-,25?,26-,27+,28-,29-,30-/m1/s1. The Bertz CT molecular complexity index is 1020. The van der Waals surface area contributed by atoms with Crippen LogP contribution in [-0.4, -0.2) is 52.4 Å². The van der Waals surface area contributed by atoms with E-state index in [2.05, 4.69) is 52.1 Å². The van der Waals surface area contributed by atoms with Crippen molar-refractivity contribution in [3.05, 3.63) is 0 Å². The predicted molar refractivity (Wildman–Crippen MR) is 156 cm³/mol. The average Bonchev–Trinajstić information content (AvgIpc) is 3.16. The van der Waals surface area contributed by atoms with E-state index in [1.807, 2.05) is 0 Å². The quantitative estimate of drug-likeness (QED) is 0.344. The summed E-state index contributed by atoms with van der Waals surface area (Å²) < 4.78 is 48.1. The molecule has 0 aromatic heterocycles. The van der Waals surface area contributed by atoms with Crippen molar-refractivity contribution in [2.45, 2.75) is 124 Å². The molecule has 4 unspecified atom stereocenters. The van der Waals surface area contributed by atoms with Gasteiger partial charge < -0.3 is 9.53 Å². The van der Waals surface area contributed by atoms with Crippen LogP contribution in [0.5, 0.6) is 0 Å². The second-order valence-electron chi connectivity index (χ2n) is 15.2. The van der Waals surface area contributed by atoms with Gasteiger partial charge in [-0.1, -0.05) is 34.1 Å². The van der Waals surface area contributed by atoms with E-state index in [4.69, 9.17) is 4.43 Å². The third kappa shape index (κ3) is 5.90. The lowest BCUT2D eigenvalue weighted by atomic mass is 9.41. The number of nitrogens with one attached hydrogen (secondary N) is 1. The van der Waals surface area contributed by atoms with Gasteiger partial charge in [0.15, 0.2) is 8.32 Å². The number of carbonyl (C=O) groups is 1. The maximum atomic E-state index is 16.0. The van der Waals surface area contributed by atoms with Crippen molar-refractivity contribution in [3.63, 3.8) is 0 Å². The van der Waals surface area contributed by atoms with Gasteiger partial charge in [-0.05, 0) is 111 Å². The molecule has 4 fully saturated rings. The molecule has 4 aliphatic rings. The number of halogens is 1. The number of hydrogen-bond donors (Lipinski definition) is 2. The molecule has 1 amide bonds. The number of aliphatic hydroxyl groups excluding tert-OH is 1. The van der Waals surface area contributed by atoms with E-state index in [0.29, 0.717) is 42.4 Å². The first kappa shape index (κ1) is 31.4. The van der Waals surface area contributed by atoms with Gasteiger partial charge in [-0.2, -0.15) is 0 Å². The number of rotatable bonds is 8. The summed E-state index contributed by atoms with van der Waals surface area (Å²) in [6.07, 6.45) is 6.58. The van der Waals surface area contributed by atoms with Gasteiger partial charge >= 0.3 is 0 Å². The molecule has 0 bridgehead atoms. The minimum Gasteiger partial charge on any atom is -0.414 e. The zero-order valence-electron chi connectivity index (χ0n) is 25.5. The molecule has 4 aliphatic carbocycles. The summed E-state index contributed by atoms with van der Waals surface area (Å²) in [6.45, 7) is 15.9. The van der Waals surface area contributed by atoms with E-state index in [9.17, 15) is 18.3 Å². The fraction of sp³-hybridized carbons (Fsp3) is 0.967. The minimum absolute atomic E-state index is 0.0208. The van der Waals surface area contributed by atoms with Crippen molar-refractivity contribution < 1.29 is 27.1 Å². The molecule has 39 heavy (non-hydrogen) atoms. The number of alkyl halides is 1. The number of hydrogen-bond acceptors (Lipinski definition) is 5. The van der Waals surface area contributed by atoms with Crippen LogP contribution in [0.4, 0.5) is 4.39 Å². The molecular formula is C30H54FNO5SSi. The van der Waals surface area contributed by atoms with Crippen LogP contribution >= 0.6 is 0 Å². The molecule has 0 aromatic carbocycles. The van der Waals surface area contributed by atoms with Crippen molar-refractivity contribution >= 4 is 24.2 Å². The highest BCUT2D eigenvalue weighted by molar-refractivity contribution is 7.89. The number of aliphatic hydroxyl groups is 1. The van der Waals surface area contributed by atoms with E-state index in [1.54, 1.807) is 0 Å². The zero-order chi connectivity index (χ0) is 29.1. The fourth-order valence-electron chi connectivity index (χ4n) is 10.3. The van der Waals surface area contributed by atoms with Crippen molar-refractivity contribution in [2.75, 3.05) is 6.26 Å². The number of fused-ring (bicyclic) bond motifs is 5. The number of carbonyl (C=O) groups excluding carboxylic acids is 1. The van der Waals surface area contributed by atoms with Gasteiger partial charge in [0.1, 0.15) is 6.17 Å². The lowest BCUT2D eigenvalue weighted by Crippen LogP contribution is -2.66. The van der Waals surface area contributed by atoms with Crippen LogP contribution in [0.1, 0.15) is 85.5 Å². The Morgan fingerprint density at radius 3 is 2.31 bits per heavy atom. The molecule has 0 radical (unpaired) electrons. The van der Waals surface area contributed by atoms with Crippen LogP contribution in [0.15, 0.2) is 0 Å². The van der Waals surface area contributed by atoms with E-state index in [0.717, 1.165) is 44.8 Å². The van der Waals surface area contributed by atoms with Gasteiger partial charge in [-0.25, -0.2) is 12.8 Å². The average molecular weight is 588 g/mol. The topological polar surface area (TPSA) is 92.7 Å². The highest BCUT2D eigenvalue weighted by Crippen LogP contribution is 2.70. The monoisotopic (exact) mass is 587 g/mol. The maximum Gasteiger partial charge on any atom is 0.233 e. The molecule has 4 saturated carbocycles. The lowest BCUT2D eigenvalue weighted by molar-refractivity contribution is -0.218. The molecule has 0 spiro atoms. The van der Waals surface area contributed by atoms with Crippen LogP contribution in [-0.2, 0) is 19.2 Å². The summed E-state index contributed by atoms with van der Waals surface area (Å²) >= 11 is 0. The van der Waals surface area contributed by atoms with Crippen LogP contribution in [0, 0.1) is 52.3 Å². The Morgan fingerprint density at radius 1 is 1.10 bits per heavy atom. The summed E-state index contributed by atoms with van der Waals surface area (Å²) in [6, 6.07) is 0. The first-order chi connectivity index (χ1) is 17.9. The van der Waals surface area contributed by atoms with Crippen molar-refractivity contribution in [1.29, 1.82) is 0 Å². The van der Waals surface area contributed by atoms with Crippen molar-refractivity contribution in [1.82, 2.24) is 4.72 Å². The fourth-order valence-corrected chi connectivity index (χ4v) is 12.0. The van der Waals surface area contributed by atoms with Crippen LogP contribution in [0.3, 0.4) is 0 Å². The second kappa shape index (κ2) is 11.0. The highest BCUT2D eigenvalue weighted by Gasteiger charge is 2.67. The molecule has 12 atom stereocenters. The van der Waals surface area contributed by atoms with Gasteiger partial charge in [0.25, 0.3) is 0 Å². The third-order valence-corrected chi connectivity index (χ3v) is 13.3. The van der Waals surface area contributed by atoms with Gasteiger partial charge in [0.2, 0.25) is 15.9 Å². The van der Waals surface area contributed by atoms with E-state index in [-0.39, 0.29) is 35.2 Å². The normalized spacial score (nSPS) is 45.1. The highest BCUT2D eigenvalue weighted by atomic mass is 32.2. The molecule has 0 aliphatic heterocycles. The smallest absolute Gasteiger partial charge is 0.233 e. The van der Waals surface area contributed by atoms with Crippen LogP contribution in [0.25, 0.3) is 0 Å². The van der Waals surface area contributed by atoms with E-state index < -0.39 is 36.5 Å². The number of sulfonamides is 1. The summed E-state index contributed by atoms with van der Waals surface area (Å²) in [5, 5.41) is 10.6. The van der Waals surface area contributed by atoms with Gasteiger partial charge in [0, 0.05) is 12.3 Å². The molecular weight excluding hydrogens is 533 g/mol. The third-order valence-electron chi connectivity index (χ3n) is 11.7. The van der Waals surface area contributed by atoms with Crippen LogP contribution < -0.4 is 4.72 Å². The Hall–Kier alpha value is -0.513.